The number of methoxy groups -OCH3 is 1. The minimum atomic E-state index is -0.392. The predicted molar refractivity (Wildman–Crippen MR) is 114 cm³/mol. The topological polar surface area (TPSA) is 72.7 Å². The van der Waals surface area contributed by atoms with Crippen LogP contribution in [0.25, 0.3) is 22.3 Å². The molecule has 0 fully saturated rings. The van der Waals surface area contributed by atoms with Crippen LogP contribution in [0.4, 0.5) is 5.69 Å². The molecule has 0 aliphatic rings. The Kier molecular flexibility index (Phi) is 5.22. The van der Waals surface area contributed by atoms with Crippen molar-refractivity contribution in [2.45, 2.75) is 0 Å². The molecule has 7 heteroatoms. The number of carbonyl (C=O) groups is 2. The quantitative estimate of drug-likeness (QED) is 0.393. The highest BCUT2D eigenvalue weighted by molar-refractivity contribution is 7.15. The molecule has 1 amide bonds. The maximum absolute atomic E-state index is 12.2. The van der Waals surface area contributed by atoms with Gasteiger partial charge in [0.2, 0.25) is 5.91 Å². The Morgan fingerprint density at radius 3 is 2.55 bits per heavy atom. The number of fused-ring (bicyclic) bond motifs is 1. The Balaban J connectivity index is 1.38. The molecule has 0 unspecified atom stereocenters. The first-order valence-corrected chi connectivity index (χ1v) is 9.70. The molecule has 2 aromatic heterocycles. The van der Waals surface area contributed by atoms with E-state index in [0.717, 1.165) is 21.8 Å². The molecule has 0 aliphatic carbocycles. The molecule has 0 atom stereocenters. The van der Waals surface area contributed by atoms with E-state index in [0.29, 0.717) is 11.3 Å². The molecule has 4 rings (SSSR count). The number of nitrogens with one attached hydrogen (secondary N) is 1. The third-order valence-electron chi connectivity index (χ3n) is 4.30. The largest absolute Gasteiger partial charge is 0.465 e. The van der Waals surface area contributed by atoms with E-state index in [1.807, 2.05) is 46.4 Å². The molecule has 4 aromatic rings. The van der Waals surface area contributed by atoms with Gasteiger partial charge in [-0.25, -0.2) is 9.78 Å². The van der Waals surface area contributed by atoms with Crippen molar-refractivity contribution < 1.29 is 14.3 Å². The highest BCUT2D eigenvalue weighted by Crippen LogP contribution is 2.23. The van der Waals surface area contributed by atoms with E-state index in [9.17, 15) is 9.59 Å². The predicted octanol–water partition coefficient (Wildman–Crippen LogP) is 4.50. The number of hydrogen-bond acceptors (Lipinski definition) is 5. The number of rotatable bonds is 5. The zero-order chi connectivity index (χ0) is 20.2. The molecule has 1 N–H and O–H groups in total. The van der Waals surface area contributed by atoms with E-state index in [1.165, 1.54) is 13.2 Å². The first-order chi connectivity index (χ1) is 14.1. The number of aromatic nitrogens is 2. The van der Waals surface area contributed by atoms with E-state index in [-0.39, 0.29) is 5.91 Å². The van der Waals surface area contributed by atoms with Crippen LogP contribution in [0, 0.1) is 0 Å². The van der Waals surface area contributed by atoms with Crippen molar-refractivity contribution in [2.24, 2.45) is 0 Å². The molecule has 0 saturated carbocycles. The van der Waals surface area contributed by atoms with Crippen molar-refractivity contribution in [1.29, 1.82) is 0 Å². The number of thiazole rings is 1. The maximum atomic E-state index is 12.2. The summed E-state index contributed by atoms with van der Waals surface area (Å²) in [6.45, 7) is 0. The number of hydrogen-bond donors (Lipinski definition) is 1. The van der Waals surface area contributed by atoms with Crippen molar-refractivity contribution in [2.75, 3.05) is 12.4 Å². The average Bonchev–Trinajstić information content (AvgIpc) is 3.35. The summed E-state index contributed by atoms with van der Waals surface area (Å²) in [7, 11) is 1.34. The zero-order valence-electron chi connectivity index (χ0n) is 15.5. The van der Waals surface area contributed by atoms with Crippen molar-refractivity contribution in [3.05, 3.63) is 83.5 Å². The second-order valence-corrected chi connectivity index (χ2v) is 7.11. The third-order valence-corrected chi connectivity index (χ3v) is 5.07. The molecular formula is C22H17N3O3S. The lowest BCUT2D eigenvalue weighted by molar-refractivity contribution is -0.111. The molecule has 2 aromatic carbocycles. The van der Waals surface area contributed by atoms with Gasteiger partial charge in [-0.1, -0.05) is 24.3 Å². The summed E-state index contributed by atoms with van der Waals surface area (Å²) >= 11 is 1.59. The number of amides is 1. The van der Waals surface area contributed by atoms with Gasteiger partial charge in [0, 0.05) is 35.1 Å². The number of ether oxygens (including phenoxy) is 1. The summed E-state index contributed by atoms with van der Waals surface area (Å²) in [6.07, 6.45) is 7.08. The standard InChI is InChI=1S/C22H17N3O3S/c1-28-21(27)17-5-2-15(3-6-17)4-11-20(26)23-18-9-7-16(8-10-18)19-14-25-12-13-29-22(25)24-19/h2-14H,1H3,(H,23,26)/b11-4+. The van der Waals surface area contributed by atoms with E-state index >= 15 is 0 Å². The van der Waals surface area contributed by atoms with Crippen LogP contribution in [0.5, 0.6) is 0 Å². The Bertz CT molecular complexity index is 1160. The van der Waals surface area contributed by atoms with E-state index in [4.69, 9.17) is 0 Å². The Morgan fingerprint density at radius 1 is 1.10 bits per heavy atom. The summed E-state index contributed by atoms with van der Waals surface area (Å²) in [5.41, 5.74) is 3.85. The lowest BCUT2D eigenvalue weighted by atomic mass is 10.1. The number of carbonyl (C=O) groups excluding carboxylic acids is 2. The molecule has 144 valence electrons. The second kappa shape index (κ2) is 8.12. The Hall–Kier alpha value is -3.71. The highest BCUT2D eigenvalue weighted by Gasteiger charge is 2.06. The van der Waals surface area contributed by atoms with Gasteiger partial charge in [-0.05, 0) is 35.9 Å². The number of nitrogens with zero attached hydrogens (tertiary/aromatic N) is 2. The normalized spacial score (nSPS) is 11.1. The molecule has 6 nitrogen and oxygen atoms in total. The van der Waals surface area contributed by atoms with Crippen LogP contribution < -0.4 is 5.32 Å². The molecule has 0 radical (unpaired) electrons. The van der Waals surface area contributed by atoms with Crippen molar-refractivity contribution in [3.63, 3.8) is 0 Å². The minimum absolute atomic E-state index is 0.239. The fourth-order valence-electron chi connectivity index (χ4n) is 2.79. The summed E-state index contributed by atoms with van der Waals surface area (Å²) in [6, 6.07) is 14.4. The molecule has 0 spiro atoms. The second-order valence-electron chi connectivity index (χ2n) is 6.23. The van der Waals surface area contributed by atoms with Crippen molar-refractivity contribution in [1.82, 2.24) is 9.38 Å². The maximum Gasteiger partial charge on any atom is 0.337 e. The van der Waals surface area contributed by atoms with Gasteiger partial charge in [-0.3, -0.25) is 9.20 Å². The van der Waals surface area contributed by atoms with Gasteiger partial charge < -0.3 is 10.1 Å². The highest BCUT2D eigenvalue weighted by atomic mass is 32.1. The van der Waals surface area contributed by atoms with Crippen LogP contribution in [-0.2, 0) is 9.53 Å². The first kappa shape index (κ1) is 18.6. The van der Waals surface area contributed by atoms with Crippen LogP contribution in [0.1, 0.15) is 15.9 Å². The SMILES string of the molecule is COC(=O)c1ccc(/C=C/C(=O)Nc2ccc(-c3cn4ccsc4n3)cc2)cc1. The van der Waals surface area contributed by atoms with Crippen LogP contribution in [0.15, 0.2) is 72.4 Å². The van der Waals surface area contributed by atoms with Gasteiger partial charge >= 0.3 is 5.97 Å². The molecule has 0 bridgehead atoms. The Labute approximate surface area is 171 Å². The molecule has 29 heavy (non-hydrogen) atoms. The lowest BCUT2D eigenvalue weighted by Gasteiger charge is -2.03. The third kappa shape index (κ3) is 4.25. The number of imidazole rings is 1. The van der Waals surface area contributed by atoms with E-state index < -0.39 is 5.97 Å². The van der Waals surface area contributed by atoms with Gasteiger partial charge in [-0.15, -0.1) is 11.3 Å². The van der Waals surface area contributed by atoms with Gasteiger partial charge in [-0.2, -0.15) is 0 Å². The van der Waals surface area contributed by atoms with Gasteiger partial charge in [0.25, 0.3) is 0 Å². The monoisotopic (exact) mass is 403 g/mol. The summed E-state index contributed by atoms with van der Waals surface area (Å²) < 4.78 is 6.65. The van der Waals surface area contributed by atoms with Crippen molar-refractivity contribution >= 4 is 39.9 Å². The fourth-order valence-corrected chi connectivity index (χ4v) is 3.49. The summed E-state index contributed by atoms with van der Waals surface area (Å²) in [5.74, 6) is -0.630. The minimum Gasteiger partial charge on any atom is -0.465 e. The van der Waals surface area contributed by atoms with E-state index in [1.54, 1.807) is 41.7 Å². The number of benzene rings is 2. The Morgan fingerprint density at radius 2 is 1.86 bits per heavy atom. The molecule has 2 heterocycles. The van der Waals surface area contributed by atoms with Crippen molar-refractivity contribution in [3.8, 4) is 11.3 Å². The van der Waals surface area contributed by atoms with E-state index in [2.05, 4.69) is 15.0 Å². The van der Waals surface area contributed by atoms with Crippen LogP contribution in [-0.4, -0.2) is 28.4 Å². The molecular weight excluding hydrogens is 386 g/mol. The summed E-state index contributed by atoms with van der Waals surface area (Å²) in [5, 5.41) is 4.82. The van der Waals surface area contributed by atoms with Crippen LogP contribution in [0.3, 0.4) is 0 Å². The van der Waals surface area contributed by atoms with Gasteiger partial charge in [0.15, 0.2) is 4.96 Å². The lowest BCUT2D eigenvalue weighted by Crippen LogP contribution is -2.07. The van der Waals surface area contributed by atoms with Crippen LogP contribution in [0.2, 0.25) is 0 Å². The van der Waals surface area contributed by atoms with Gasteiger partial charge in [0.05, 0.1) is 18.4 Å². The molecule has 0 aliphatic heterocycles. The fraction of sp³-hybridized carbons (Fsp3) is 0.0455. The summed E-state index contributed by atoms with van der Waals surface area (Å²) in [4.78, 5) is 29.1. The number of anilines is 1. The smallest absolute Gasteiger partial charge is 0.337 e. The number of esters is 1. The molecule has 0 saturated heterocycles. The van der Waals surface area contributed by atoms with Gasteiger partial charge in [0.1, 0.15) is 0 Å². The van der Waals surface area contributed by atoms with Crippen LogP contribution >= 0.6 is 11.3 Å². The first-order valence-electron chi connectivity index (χ1n) is 8.82. The average molecular weight is 403 g/mol. The zero-order valence-corrected chi connectivity index (χ0v) is 16.3.